The molecule has 0 amide bonds. The van der Waals surface area contributed by atoms with Crippen molar-refractivity contribution < 1.29 is 8.39 Å². The van der Waals surface area contributed by atoms with Crippen LogP contribution in [-0.2, 0) is 15.3 Å². The van der Waals surface area contributed by atoms with Gasteiger partial charge in [0.05, 0.1) is 11.4 Å². The van der Waals surface area contributed by atoms with Crippen molar-refractivity contribution in [2.75, 3.05) is 0 Å². The lowest BCUT2D eigenvalue weighted by molar-refractivity contribution is 0.146. The smallest absolute Gasteiger partial charge is 0.158 e. The first-order chi connectivity index (χ1) is 8.68. The summed E-state index contributed by atoms with van der Waals surface area (Å²) in [6, 6.07) is 10.5. The van der Waals surface area contributed by atoms with E-state index in [2.05, 4.69) is 24.3 Å². The summed E-state index contributed by atoms with van der Waals surface area (Å²) >= 11 is -1.16. The van der Waals surface area contributed by atoms with Gasteiger partial charge in [-0.15, -0.1) is 0 Å². The lowest BCUT2D eigenvalue weighted by Gasteiger charge is -2.31. The molecular formula is C15H22O2S. The summed E-state index contributed by atoms with van der Waals surface area (Å²) in [5.74, 6) is 0.405. The van der Waals surface area contributed by atoms with Gasteiger partial charge in [0.1, 0.15) is 0 Å². The maximum absolute atomic E-state index is 11.9. The summed E-state index contributed by atoms with van der Waals surface area (Å²) in [4.78, 5) is 0. The Morgan fingerprint density at radius 3 is 2.50 bits per heavy atom. The highest BCUT2D eigenvalue weighted by atomic mass is 32.2. The standard InChI is InChI=1S/C15H22O2S/c1-12(2)18(16)17-15-11-7-6-10-14(15)13-8-4-3-5-9-13/h3-5,8-9,12,14-15H,6-7,10-11H2,1-2H3/t14-,15+,18?/m1/s1. The van der Waals surface area contributed by atoms with Crippen molar-refractivity contribution in [2.24, 2.45) is 0 Å². The Hall–Kier alpha value is -0.670. The SMILES string of the molecule is CC(C)S(=O)O[C@H]1CCCC[C@@H]1c1ccccc1. The van der Waals surface area contributed by atoms with Gasteiger partial charge in [-0.25, -0.2) is 4.21 Å². The highest BCUT2D eigenvalue weighted by Crippen LogP contribution is 2.35. The summed E-state index contributed by atoms with van der Waals surface area (Å²) in [5.41, 5.74) is 1.32. The van der Waals surface area contributed by atoms with E-state index in [1.54, 1.807) is 0 Å². The largest absolute Gasteiger partial charge is 0.286 e. The Balaban J connectivity index is 2.09. The minimum absolute atomic E-state index is 0.0725. The van der Waals surface area contributed by atoms with E-state index in [1.165, 1.54) is 18.4 Å². The van der Waals surface area contributed by atoms with Gasteiger partial charge in [-0.05, 0) is 32.3 Å². The van der Waals surface area contributed by atoms with Crippen LogP contribution in [0.15, 0.2) is 30.3 Å². The molecule has 1 aliphatic carbocycles. The third kappa shape index (κ3) is 3.42. The molecule has 100 valence electrons. The molecule has 0 saturated heterocycles. The van der Waals surface area contributed by atoms with Crippen LogP contribution in [0.1, 0.15) is 51.0 Å². The van der Waals surface area contributed by atoms with Gasteiger partial charge >= 0.3 is 0 Å². The predicted octanol–water partition coefficient (Wildman–Crippen LogP) is 3.80. The third-order valence-corrected chi connectivity index (χ3v) is 4.74. The fourth-order valence-electron chi connectivity index (χ4n) is 2.53. The van der Waals surface area contributed by atoms with E-state index >= 15 is 0 Å². The number of hydrogen-bond donors (Lipinski definition) is 0. The molecular weight excluding hydrogens is 244 g/mol. The molecule has 0 N–H and O–H groups in total. The molecule has 1 aliphatic rings. The van der Waals surface area contributed by atoms with E-state index in [9.17, 15) is 4.21 Å². The number of rotatable bonds is 4. The quantitative estimate of drug-likeness (QED) is 0.828. The third-order valence-electron chi connectivity index (χ3n) is 3.53. The monoisotopic (exact) mass is 266 g/mol. The zero-order valence-electron chi connectivity index (χ0n) is 11.2. The first-order valence-corrected chi connectivity index (χ1v) is 7.95. The van der Waals surface area contributed by atoms with Crippen molar-refractivity contribution in [1.29, 1.82) is 0 Å². The van der Waals surface area contributed by atoms with Crippen molar-refractivity contribution in [3.05, 3.63) is 35.9 Å². The normalized spacial score (nSPS) is 26.2. The molecule has 2 nitrogen and oxygen atoms in total. The molecule has 0 heterocycles. The summed E-state index contributed by atoms with van der Waals surface area (Å²) < 4.78 is 17.7. The molecule has 0 aliphatic heterocycles. The lowest BCUT2D eigenvalue weighted by Crippen LogP contribution is -2.28. The van der Waals surface area contributed by atoms with Crippen molar-refractivity contribution in [2.45, 2.75) is 56.8 Å². The van der Waals surface area contributed by atoms with Crippen molar-refractivity contribution in [1.82, 2.24) is 0 Å². The molecule has 1 aromatic rings. The van der Waals surface area contributed by atoms with Crippen LogP contribution in [0.2, 0.25) is 0 Å². The fourth-order valence-corrected chi connectivity index (χ4v) is 3.22. The summed E-state index contributed by atoms with van der Waals surface area (Å²) in [7, 11) is 0. The molecule has 1 aromatic carbocycles. The summed E-state index contributed by atoms with van der Waals surface area (Å²) in [6.07, 6.45) is 4.71. The molecule has 0 spiro atoms. The molecule has 3 heteroatoms. The molecule has 1 saturated carbocycles. The van der Waals surface area contributed by atoms with Gasteiger partial charge in [0, 0.05) is 5.92 Å². The molecule has 1 unspecified atom stereocenters. The lowest BCUT2D eigenvalue weighted by atomic mass is 9.82. The number of benzene rings is 1. The van der Waals surface area contributed by atoms with Crippen molar-refractivity contribution in [3.63, 3.8) is 0 Å². The molecule has 0 radical (unpaired) electrons. The first kappa shape index (κ1) is 13.8. The van der Waals surface area contributed by atoms with Gasteiger partial charge in [-0.2, -0.15) is 0 Å². The average Bonchev–Trinajstić information content (AvgIpc) is 2.40. The van der Waals surface area contributed by atoms with Crippen LogP contribution >= 0.6 is 0 Å². The van der Waals surface area contributed by atoms with Gasteiger partial charge in [0.2, 0.25) is 0 Å². The summed E-state index contributed by atoms with van der Waals surface area (Å²) in [6.45, 7) is 3.88. The van der Waals surface area contributed by atoms with E-state index in [1.807, 2.05) is 19.9 Å². The Kier molecular flexibility index (Phi) is 4.95. The van der Waals surface area contributed by atoms with E-state index in [0.29, 0.717) is 5.92 Å². The van der Waals surface area contributed by atoms with Crippen LogP contribution in [0.25, 0.3) is 0 Å². The van der Waals surface area contributed by atoms with Crippen molar-refractivity contribution >= 4 is 11.1 Å². The first-order valence-electron chi connectivity index (χ1n) is 6.81. The average molecular weight is 266 g/mol. The Labute approximate surface area is 112 Å². The summed E-state index contributed by atoms with van der Waals surface area (Å²) in [5, 5.41) is 0.0725. The zero-order chi connectivity index (χ0) is 13.0. The second-order valence-electron chi connectivity index (χ2n) is 5.25. The van der Waals surface area contributed by atoms with Crippen LogP contribution in [0, 0.1) is 0 Å². The van der Waals surface area contributed by atoms with Gasteiger partial charge in [0.25, 0.3) is 0 Å². The molecule has 2 rings (SSSR count). The van der Waals surface area contributed by atoms with Crippen LogP contribution < -0.4 is 0 Å². The molecule has 0 aromatic heterocycles. The topological polar surface area (TPSA) is 26.3 Å². The van der Waals surface area contributed by atoms with E-state index in [-0.39, 0.29) is 11.4 Å². The van der Waals surface area contributed by atoms with Crippen LogP contribution in [0.4, 0.5) is 0 Å². The molecule has 3 atom stereocenters. The highest BCUT2D eigenvalue weighted by molar-refractivity contribution is 7.80. The Morgan fingerprint density at radius 2 is 1.83 bits per heavy atom. The Morgan fingerprint density at radius 1 is 1.17 bits per heavy atom. The predicted molar refractivity (Wildman–Crippen MR) is 75.8 cm³/mol. The van der Waals surface area contributed by atoms with Crippen LogP contribution in [0.3, 0.4) is 0 Å². The van der Waals surface area contributed by atoms with Crippen LogP contribution in [-0.4, -0.2) is 15.6 Å². The van der Waals surface area contributed by atoms with Gasteiger partial charge in [-0.3, -0.25) is 4.18 Å². The number of hydrogen-bond acceptors (Lipinski definition) is 2. The van der Waals surface area contributed by atoms with E-state index in [4.69, 9.17) is 4.18 Å². The minimum Gasteiger partial charge on any atom is -0.286 e. The second kappa shape index (κ2) is 6.48. The fraction of sp³-hybridized carbons (Fsp3) is 0.600. The van der Waals surface area contributed by atoms with Gasteiger partial charge in [-0.1, -0.05) is 43.2 Å². The van der Waals surface area contributed by atoms with Gasteiger partial charge < -0.3 is 0 Å². The van der Waals surface area contributed by atoms with Crippen molar-refractivity contribution in [3.8, 4) is 0 Å². The zero-order valence-corrected chi connectivity index (χ0v) is 12.0. The van der Waals surface area contributed by atoms with E-state index in [0.717, 1.165) is 12.8 Å². The second-order valence-corrected chi connectivity index (χ2v) is 6.90. The van der Waals surface area contributed by atoms with Crippen LogP contribution in [0.5, 0.6) is 0 Å². The highest BCUT2D eigenvalue weighted by Gasteiger charge is 2.29. The van der Waals surface area contributed by atoms with Gasteiger partial charge in [0.15, 0.2) is 11.1 Å². The van der Waals surface area contributed by atoms with E-state index < -0.39 is 11.1 Å². The maximum Gasteiger partial charge on any atom is 0.158 e. The minimum atomic E-state index is -1.16. The maximum atomic E-state index is 11.9. The molecule has 18 heavy (non-hydrogen) atoms. The molecule has 0 bridgehead atoms. The molecule has 1 fully saturated rings. The Bertz CT molecular complexity index is 389.